The zero-order chi connectivity index (χ0) is 26.9. The Labute approximate surface area is 221 Å². The minimum absolute atomic E-state index is 0.223. The Hall–Kier alpha value is -3.78. The Morgan fingerprint density at radius 1 is 1.16 bits per heavy atom. The number of aliphatic hydroxyl groups is 1. The van der Waals surface area contributed by atoms with E-state index in [4.69, 9.17) is 5.73 Å². The van der Waals surface area contributed by atoms with Crippen LogP contribution in [-0.2, 0) is 17.6 Å². The molecule has 198 valence electrons. The summed E-state index contributed by atoms with van der Waals surface area (Å²) in [6.07, 6.45) is 8.94. The van der Waals surface area contributed by atoms with E-state index in [1.807, 2.05) is 23.0 Å². The minimum Gasteiger partial charge on any atom is -0.389 e. The first-order valence-corrected chi connectivity index (χ1v) is 13.2. The topological polar surface area (TPSA) is 110 Å². The minimum atomic E-state index is -0.943. The molecule has 0 aliphatic heterocycles. The summed E-state index contributed by atoms with van der Waals surface area (Å²) < 4.78 is 15.3. The third kappa shape index (κ3) is 4.53. The predicted molar refractivity (Wildman–Crippen MR) is 143 cm³/mol. The summed E-state index contributed by atoms with van der Waals surface area (Å²) in [5.74, 6) is -1.24. The van der Waals surface area contributed by atoms with E-state index in [2.05, 4.69) is 23.4 Å². The van der Waals surface area contributed by atoms with Crippen molar-refractivity contribution in [3.05, 3.63) is 88.5 Å². The molecule has 1 saturated carbocycles. The van der Waals surface area contributed by atoms with Crippen molar-refractivity contribution in [2.75, 3.05) is 6.54 Å². The van der Waals surface area contributed by atoms with Crippen molar-refractivity contribution in [2.24, 2.45) is 11.1 Å². The first kappa shape index (κ1) is 25.9. The molecule has 2 aromatic carbocycles. The van der Waals surface area contributed by atoms with Gasteiger partial charge in [0.2, 0.25) is 5.91 Å². The quantitative estimate of drug-likeness (QED) is 0.398. The zero-order valence-corrected chi connectivity index (χ0v) is 21.5. The van der Waals surface area contributed by atoms with Gasteiger partial charge in [-0.3, -0.25) is 9.59 Å². The average molecular weight is 517 g/mol. The molecular formula is C30H33FN4O3. The molecule has 0 bridgehead atoms. The lowest BCUT2D eigenvalue weighted by Crippen LogP contribution is -2.47. The standard InChI is InChI=1S/C30H33FN4O3/c1-2-13-29-17-21-18-34-35(24-9-7-23(31)8-10-24)26(21)16-22(29)12-15-30(29,38)14-11-20-5-3-4-6-25(20)28(37)33-19-27(32)36/h3-10,16,18,38H,2,11-15,17,19H2,1H3,(H2,32,36)(H,33,37)/t29?,30-/m0/s1. The number of aryl methyl sites for hydroxylation is 1. The number of nitrogens with two attached hydrogens (primary N) is 1. The molecule has 0 spiro atoms. The molecule has 2 aliphatic rings. The summed E-state index contributed by atoms with van der Waals surface area (Å²) in [6.45, 7) is 1.92. The first-order valence-electron chi connectivity index (χ1n) is 13.2. The fourth-order valence-corrected chi connectivity index (χ4v) is 6.40. The predicted octanol–water partition coefficient (Wildman–Crippen LogP) is 4.11. The number of aromatic nitrogens is 2. The van der Waals surface area contributed by atoms with Crippen molar-refractivity contribution < 1.29 is 19.1 Å². The van der Waals surface area contributed by atoms with Crippen LogP contribution in [0.1, 0.15) is 66.2 Å². The Morgan fingerprint density at radius 2 is 1.92 bits per heavy atom. The molecule has 2 amide bonds. The molecule has 1 aromatic heterocycles. The highest BCUT2D eigenvalue weighted by atomic mass is 19.1. The van der Waals surface area contributed by atoms with Gasteiger partial charge in [-0.25, -0.2) is 9.07 Å². The largest absolute Gasteiger partial charge is 0.389 e. The van der Waals surface area contributed by atoms with Crippen LogP contribution in [0.2, 0.25) is 0 Å². The van der Waals surface area contributed by atoms with Crippen LogP contribution >= 0.6 is 0 Å². The Kier molecular flexibility index (Phi) is 6.92. The highest BCUT2D eigenvalue weighted by Gasteiger charge is 2.57. The molecule has 0 saturated heterocycles. The molecular weight excluding hydrogens is 483 g/mol. The Bertz CT molecular complexity index is 1400. The number of nitrogens with zero attached hydrogens (tertiary/aromatic N) is 2. The number of hydrogen-bond acceptors (Lipinski definition) is 4. The van der Waals surface area contributed by atoms with Gasteiger partial charge in [0.1, 0.15) is 5.82 Å². The van der Waals surface area contributed by atoms with E-state index in [9.17, 15) is 19.1 Å². The highest BCUT2D eigenvalue weighted by Crippen LogP contribution is 2.59. The van der Waals surface area contributed by atoms with E-state index in [0.717, 1.165) is 41.8 Å². The number of halogens is 1. The number of carbonyl (C=O) groups excluding carboxylic acids is 2. The molecule has 0 radical (unpaired) electrons. The van der Waals surface area contributed by atoms with E-state index in [-0.39, 0.29) is 18.3 Å². The van der Waals surface area contributed by atoms with Gasteiger partial charge in [0, 0.05) is 11.0 Å². The van der Waals surface area contributed by atoms with Crippen LogP contribution in [0, 0.1) is 11.2 Å². The third-order valence-electron chi connectivity index (χ3n) is 8.24. The third-order valence-corrected chi connectivity index (χ3v) is 8.24. The van der Waals surface area contributed by atoms with Crippen LogP contribution in [0.5, 0.6) is 0 Å². The lowest BCUT2D eigenvalue weighted by molar-refractivity contribution is -0.117. The molecule has 4 N–H and O–H groups in total. The summed E-state index contributed by atoms with van der Waals surface area (Å²) in [5, 5.41) is 19.4. The number of rotatable bonds is 9. The smallest absolute Gasteiger partial charge is 0.251 e. The van der Waals surface area contributed by atoms with Crippen molar-refractivity contribution in [3.8, 4) is 5.69 Å². The van der Waals surface area contributed by atoms with Gasteiger partial charge in [0.25, 0.3) is 5.91 Å². The fraction of sp³-hybridized carbons (Fsp3) is 0.367. The molecule has 2 atom stereocenters. The molecule has 1 heterocycles. The summed E-state index contributed by atoms with van der Waals surface area (Å²) in [4.78, 5) is 23.8. The van der Waals surface area contributed by atoms with E-state index in [1.54, 1.807) is 24.3 Å². The second kappa shape index (κ2) is 10.2. The average Bonchev–Trinajstić information content (AvgIpc) is 3.44. The highest BCUT2D eigenvalue weighted by molar-refractivity contribution is 5.97. The SMILES string of the molecule is CCCC12Cc3cnn(-c4ccc(F)cc4)c3C=C1CC[C@@]2(O)CCc1ccccc1C(=O)NCC(N)=O. The van der Waals surface area contributed by atoms with Crippen molar-refractivity contribution in [3.63, 3.8) is 0 Å². The van der Waals surface area contributed by atoms with Gasteiger partial charge < -0.3 is 16.2 Å². The number of hydrogen-bond donors (Lipinski definition) is 3. The zero-order valence-electron chi connectivity index (χ0n) is 21.5. The van der Waals surface area contributed by atoms with Gasteiger partial charge in [-0.15, -0.1) is 0 Å². The van der Waals surface area contributed by atoms with E-state index in [0.29, 0.717) is 31.2 Å². The number of fused-ring (bicyclic) bond motifs is 2. The second-order valence-corrected chi connectivity index (χ2v) is 10.5. The summed E-state index contributed by atoms with van der Waals surface area (Å²) in [7, 11) is 0. The van der Waals surface area contributed by atoms with Gasteiger partial charge in [0.15, 0.2) is 0 Å². The van der Waals surface area contributed by atoms with Gasteiger partial charge in [-0.05, 0) is 86.1 Å². The molecule has 3 aromatic rings. The van der Waals surface area contributed by atoms with Crippen molar-refractivity contribution in [2.45, 2.75) is 57.5 Å². The maximum Gasteiger partial charge on any atom is 0.251 e. The molecule has 7 nitrogen and oxygen atoms in total. The Morgan fingerprint density at radius 3 is 2.66 bits per heavy atom. The van der Waals surface area contributed by atoms with Crippen LogP contribution in [0.4, 0.5) is 4.39 Å². The molecule has 2 aliphatic carbocycles. The van der Waals surface area contributed by atoms with E-state index >= 15 is 0 Å². The van der Waals surface area contributed by atoms with Crippen molar-refractivity contribution >= 4 is 17.9 Å². The van der Waals surface area contributed by atoms with E-state index < -0.39 is 16.9 Å². The summed E-state index contributed by atoms with van der Waals surface area (Å²) in [6, 6.07) is 13.6. The maximum atomic E-state index is 13.5. The van der Waals surface area contributed by atoms with Gasteiger partial charge in [0.05, 0.1) is 29.7 Å². The molecule has 5 rings (SSSR count). The monoisotopic (exact) mass is 516 g/mol. The lowest BCUT2D eigenvalue weighted by atomic mass is 9.62. The molecule has 1 fully saturated rings. The molecule has 8 heteroatoms. The van der Waals surface area contributed by atoms with Crippen LogP contribution < -0.4 is 11.1 Å². The number of benzene rings is 2. The lowest BCUT2D eigenvalue weighted by Gasteiger charge is -2.45. The molecule has 1 unspecified atom stereocenters. The number of nitrogens with one attached hydrogen (secondary N) is 1. The maximum absolute atomic E-state index is 13.5. The normalized spacial score (nSPS) is 21.9. The second-order valence-electron chi connectivity index (χ2n) is 10.5. The van der Waals surface area contributed by atoms with Crippen LogP contribution in [0.15, 0.2) is 60.3 Å². The van der Waals surface area contributed by atoms with Crippen LogP contribution in [0.3, 0.4) is 0 Å². The van der Waals surface area contributed by atoms with Gasteiger partial charge in [-0.2, -0.15) is 5.10 Å². The van der Waals surface area contributed by atoms with Crippen molar-refractivity contribution in [1.82, 2.24) is 15.1 Å². The molecule has 38 heavy (non-hydrogen) atoms. The fourth-order valence-electron chi connectivity index (χ4n) is 6.40. The summed E-state index contributed by atoms with van der Waals surface area (Å²) >= 11 is 0. The van der Waals surface area contributed by atoms with Gasteiger partial charge in [-0.1, -0.05) is 37.1 Å². The van der Waals surface area contributed by atoms with E-state index in [1.165, 1.54) is 17.7 Å². The van der Waals surface area contributed by atoms with Crippen LogP contribution in [0.25, 0.3) is 11.8 Å². The number of primary amides is 1. The van der Waals surface area contributed by atoms with Gasteiger partial charge >= 0.3 is 0 Å². The number of amides is 2. The number of carbonyl (C=O) groups is 2. The first-order chi connectivity index (χ1) is 18.3. The van der Waals surface area contributed by atoms with Crippen molar-refractivity contribution in [1.29, 1.82) is 0 Å². The van der Waals surface area contributed by atoms with Crippen LogP contribution in [-0.4, -0.2) is 38.8 Å². The Balaban J connectivity index is 1.42. The summed E-state index contributed by atoms with van der Waals surface area (Å²) in [5.41, 5.74) is 9.22.